The van der Waals surface area contributed by atoms with Crippen LogP contribution in [0.1, 0.15) is 33.3 Å². The molecule has 0 aromatic heterocycles. The predicted molar refractivity (Wildman–Crippen MR) is 68.0 cm³/mol. The van der Waals surface area contributed by atoms with E-state index in [0.717, 1.165) is 0 Å². The zero-order valence-corrected chi connectivity index (χ0v) is 11.2. The summed E-state index contributed by atoms with van der Waals surface area (Å²) in [5, 5.41) is 9.07. The number of aliphatic hydroxyl groups excluding tert-OH is 1. The summed E-state index contributed by atoms with van der Waals surface area (Å²) in [5.41, 5.74) is -0.416. The Morgan fingerprint density at radius 1 is 1.17 bits per heavy atom. The summed E-state index contributed by atoms with van der Waals surface area (Å²) in [7, 11) is -0.735. The number of rotatable bonds is 2. The first-order valence-electron chi connectivity index (χ1n) is 6.02. The van der Waals surface area contributed by atoms with Crippen LogP contribution in [0.5, 0.6) is 0 Å². The smallest absolute Gasteiger partial charge is 0.399 e. The summed E-state index contributed by atoms with van der Waals surface area (Å²) in [6, 6.07) is 4.86. The molecule has 0 saturated carbocycles. The highest BCUT2D eigenvalue weighted by Gasteiger charge is 2.52. The summed E-state index contributed by atoms with van der Waals surface area (Å²) in [6.45, 7) is 7.34. The molecule has 18 heavy (non-hydrogen) atoms. The molecule has 1 aliphatic heterocycles. The van der Waals surface area contributed by atoms with Gasteiger partial charge in [0, 0.05) is 11.0 Å². The SMILES string of the molecule is CC1(C)OB(c2cccc(CO)c2F)OC1(C)C. The minimum Gasteiger partial charge on any atom is -0.399 e. The molecule has 0 atom stereocenters. The average molecular weight is 252 g/mol. The standard InChI is InChI=1S/C13H18BFO3/c1-12(2)13(3,4)18-14(17-12)10-7-5-6-9(8-16)11(10)15/h5-7,16H,8H2,1-4H3. The van der Waals surface area contributed by atoms with Crippen LogP contribution in [0.2, 0.25) is 0 Å². The normalized spacial score (nSPS) is 21.3. The molecule has 2 rings (SSSR count). The summed E-state index contributed by atoms with van der Waals surface area (Å²) < 4.78 is 25.7. The zero-order valence-electron chi connectivity index (χ0n) is 11.2. The maximum Gasteiger partial charge on any atom is 0.497 e. The lowest BCUT2D eigenvalue weighted by Gasteiger charge is -2.32. The minimum atomic E-state index is -0.735. The summed E-state index contributed by atoms with van der Waals surface area (Å²) in [4.78, 5) is 0. The Morgan fingerprint density at radius 2 is 1.72 bits per heavy atom. The highest BCUT2D eigenvalue weighted by atomic mass is 19.1. The second-order valence-electron chi connectivity index (χ2n) is 5.57. The Kier molecular flexibility index (Phi) is 3.26. The van der Waals surface area contributed by atoms with Crippen molar-refractivity contribution in [3.8, 4) is 0 Å². The minimum absolute atomic E-state index is 0.252. The lowest BCUT2D eigenvalue weighted by Crippen LogP contribution is -2.41. The Balaban J connectivity index is 2.35. The van der Waals surface area contributed by atoms with Crippen LogP contribution in [0.4, 0.5) is 4.39 Å². The third kappa shape index (κ3) is 2.07. The molecule has 0 unspecified atom stereocenters. The largest absolute Gasteiger partial charge is 0.497 e. The molecule has 1 N–H and O–H groups in total. The molecule has 98 valence electrons. The van der Waals surface area contributed by atoms with Gasteiger partial charge in [0.25, 0.3) is 0 Å². The van der Waals surface area contributed by atoms with Crippen LogP contribution in [0.25, 0.3) is 0 Å². The van der Waals surface area contributed by atoms with Gasteiger partial charge in [0.2, 0.25) is 0 Å². The van der Waals surface area contributed by atoms with Gasteiger partial charge in [-0.05, 0) is 27.7 Å². The third-order valence-corrected chi connectivity index (χ3v) is 3.79. The topological polar surface area (TPSA) is 38.7 Å². The summed E-state index contributed by atoms with van der Waals surface area (Å²) >= 11 is 0. The van der Waals surface area contributed by atoms with Gasteiger partial charge in [0.05, 0.1) is 17.8 Å². The fraction of sp³-hybridized carbons (Fsp3) is 0.538. The van der Waals surface area contributed by atoms with Crippen molar-refractivity contribution in [1.29, 1.82) is 0 Å². The Bertz CT molecular complexity index is 444. The van der Waals surface area contributed by atoms with Crippen molar-refractivity contribution in [3.05, 3.63) is 29.6 Å². The molecule has 1 aromatic carbocycles. The fourth-order valence-electron chi connectivity index (χ4n) is 1.87. The Hall–Kier alpha value is -0.905. The number of hydrogen-bond acceptors (Lipinski definition) is 3. The number of aliphatic hydroxyl groups is 1. The molecule has 0 radical (unpaired) electrons. The van der Waals surface area contributed by atoms with Gasteiger partial charge in [-0.25, -0.2) is 4.39 Å². The highest BCUT2D eigenvalue weighted by Crippen LogP contribution is 2.36. The molecular formula is C13H18BFO3. The van der Waals surface area contributed by atoms with Crippen molar-refractivity contribution >= 4 is 12.6 Å². The van der Waals surface area contributed by atoms with Gasteiger partial charge < -0.3 is 14.4 Å². The van der Waals surface area contributed by atoms with E-state index in [0.29, 0.717) is 5.46 Å². The fourth-order valence-corrected chi connectivity index (χ4v) is 1.87. The number of hydrogen-bond donors (Lipinski definition) is 1. The summed E-state index contributed by atoms with van der Waals surface area (Å²) in [6.07, 6.45) is 0. The molecule has 1 aromatic rings. The lowest BCUT2D eigenvalue weighted by molar-refractivity contribution is 0.00578. The Labute approximate surface area is 107 Å². The van der Waals surface area contributed by atoms with Gasteiger partial charge >= 0.3 is 7.12 Å². The van der Waals surface area contributed by atoms with E-state index < -0.39 is 24.1 Å². The lowest BCUT2D eigenvalue weighted by atomic mass is 9.78. The molecular weight excluding hydrogens is 234 g/mol. The molecule has 1 heterocycles. The van der Waals surface area contributed by atoms with E-state index in [1.165, 1.54) is 0 Å². The van der Waals surface area contributed by atoms with Crippen LogP contribution in [0.3, 0.4) is 0 Å². The zero-order chi connectivity index (χ0) is 13.6. The molecule has 0 bridgehead atoms. The van der Waals surface area contributed by atoms with Crippen LogP contribution in [-0.4, -0.2) is 23.4 Å². The van der Waals surface area contributed by atoms with Crippen LogP contribution >= 0.6 is 0 Å². The van der Waals surface area contributed by atoms with E-state index in [1.807, 2.05) is 27.7 Å². The molecule has 0 spiro atoms. The maximum atomic E-state index is 14.1. The molecule has 1 aliphatic rings. The van der Waals surface area contributed by atoms with Crippen molar-refractivity contribution < 1.29 is 18.8 Å². The number of halogens is 1. The predicted octanol–water partition coefficient (Wildman–Crippen LogP) is 1.62. The third-order valence-electron chi connectivity index (χ3n) is 3.79. The van der Waals surface area contributed by atoms with E-state index >= 15 is 0 Å². The molecule has 3 nitrogen and oxygen atoms in total. The van der Waals surface area contributed by atoms with E-state index in [-0.39, 0.29) is 12.2 Å². The van der Waals surface area contributed by atoms with E-state index in [9.17, 15) is 4.39 Å². The van der Waals surface area contributed by atoms with Gasteiger partial charge in [-0.3, -0.25) is 0 Å². The monoisotopic (exact) mass is 252 g/mol. The first-order chi connectivity index (χ1) is 8.28. The second-order valence-corrected chi connectivity index (χ2v) is 5.57. The van der Waals surface area contributed by atoms with Crippen LogP contribution in [0, 0.1) is 5.82 Å². The highest BCUT2D eigenvalue weighted by molar-refractivity contribution is 6.62. The number of benzene rings is 1. The van der Waals surface area contributed by atoms with Gasteiger partial charge in [-0.15, -0.1) is 0 Å². The first kappa shape index (κ1) is 13.5. The van der Waals surface area contributed by atoms with Gasteiger partial charge in [0.15, 0.2) is 0 Å². The van der Waals surface area contributed by atoms with Gasteiger partial charge in [-0.1, -0.05) is 18.2 Å². The van der Waals surface area contributed by atoms with Crippen molar-refractivity contribution in [1.82, 2.24) is 0 Å². The van der Waals surface area contributed by atoms with E-state index in [4.69, 9.17) is 14.4 Å². The van der Waals surface area contributed by atoms with Crippen molar-refractivity contribution in [3.63, 3.8) is 0 Å². The van der Waals surface area contributed by atoms with Crippen LogP contribution in [-0.2, 0) is 15.9 Å². The van der Waals surface area contributed by atoms with Crippen molar-refractivity contribution in [2.75, 3.05) is 0 Å². The van der Waals surface area contributed by atoms with E-state index in [2.05, 4.69) is 0 Å². The Morgan fingerprint density at radius 3 is 2.22 bits per heavy atom. The van der Waals surface area contributed by atoms with E-state index in [1.54, 1.807) is 18.2 Å². The first-order valence-corrected chi connectivity index (χ1v) is 6.02. The molecule has 0 amide bonds. The molecule has 5 heteroatoms. The molecule has 1 fully saturated rings. The van der Waals surface area contributed by atoms with Crippen molar-refractivity contribution in [2.45, 2.75) is 45.5 Å². The van der Waals surface area contributed by atoms with Gasteiger partial charge in [0.1, 0.15) is 5.82 Å². The van der Waals surface area contributed by atoms with Crippen LogP contribution in [0.15, 0.2) is 18.2 Å². The summed E-state index contributed by atoms with van der Waals surface area (Å²) in [5.74, 6) is -0.460. The second kappa shape index (κ2) is 4.33. The maximum absolute atomic E-state index is 14.1. The van der Waals surface area contributed by atoms with Crippen molar-refractivity contribution in [2.24, 2.45) is 0 Å². The average Bonchev–Trinajstić information content (AvgIpc) is 2.48. The van der Waals surface area contributed by atoms with Gasteiger partial charge in [-0.2, -0.15) is 0 Å². The molecule has 1 saturated heterocycles. The quantitative estimate of drug-likeness (QED) is 0.813. The molecule has 0 aliphatic carbocycles. The van der Waals surface area contributed by atoms with Crippen LogP contribution < -0.4 is 5.46 Å².